The minimum absolute atomic E-state index is 0.0376. The van der Waals surface area contributed by atoms with Gasteiger partial charge in [0.1, 0.15) is 6.61 Å². The Kier molecular flexibility index (Phi) is 5.79. The monoisotopic (exact) mass is 283 g/mol. The lowest BCUT2D eigenvalue weighted by Crippen LogP contribution is -2.49. The highest BCUT2D eigenvalue weighted by atomic mass is 16.5. The number of amides is 2. The Hall–Kier alpha value is -1.14. The smallest absolute Gasteiger partial charge is 0.248 e. The van der Waals surface area contributed by atoms with E-state index in [0.29, 0.717) is 13.1 Å². The van der Waals surface area contributed by atoms with Crippen molar-refractivity contribution in [2.75, 3.05) is 39.9 Å². The molecule has 0 bridgehead atoms. The maximum absolute atomic E-state index is 12.1. The number of hydrogen-bond acceptors (Lipinski definition) is 4. The summed E-state index contributed by atoms with van der Waals surface area (Å²) in [6.45, 7) is 3.43. The molecule has 0 saturated carbocycles. The number of nitrogens with zero attached hydrogens (tertiary/aromatic N) is 1. The second kappa shape index (κ2) is 7.59. The van der Waals surface area contributed by atoms with E-state index in [1.165, 1.54) is 7.11 Å². The lowest BCUT2D eigenvalue weighted by atomic mass is 9.96. The predicted molar refractivity (Wildman–Crippen MR) is 75.2 cm³/mol. The number of nitrogens with one attached hydrogen (secondary N) is 2. The van der Waals surface area contributed by atoms with E-state index in [-0.39, 0.29) is 30.4 Å². The Morgan fingerprint density at radius 3 is 2.45 bits per heavy atom. The number of rotatable bonds is 4. The van der Waals surface area contributed by atoms with Crippen molar-refractivity contribution in [1.29, 1.82) is 0 Å². The number of ether oxygens (including phenoxy) is 1. The first kappa shape index (κ1) is 15.3. The van der Waals surface area contributed by atoms with Gasteiger partial charge in [0.15, 0.2) is 0 Å². The quantitative estimate of drug-likeness (QED) is 0.746. The molecule has 0 radical (unpaired) electrons. The van der Waals surface area contributed by atoms with E-state index in [1.807, 2.05) is 4.90 Å². The number of hydrogen-bond donors (Lipinski definition) is 2. The highest BCUT2D eigenvalue weighted by Crippen LogP contribution is 2.15. The predicted octanol–water partition coefficient (Wildman–Crippen LogP) is -0.260. The summed E-state index contributed by atoms with van der Waals surface area (Å²) in [5.74, 6) is 0.383. The average molecular weight is 283 g/mol. The summed E-state index contributed by atoms with van der Waals surface area (Å²) in [4.78, 5) is 25.6. The maximum atomic E-state index is 12.1. The highest BCUT2D eigenvalue weighted by molar-refractivity contribution is 5.79. The molecule has 2 saturated heterocycles. The van der Waals surface area contributed by atoms with Crippen molar-refractivity contribution >= 4 is 11.8 Å². The molecule has 2 fully saturated rings. The van der Waals surface area contributed by atoms with Crippen LogP contribution in [-0.4, -0.2) is 62.7 Å². The molecule has 0 aromatic rings. The normalized spacial score (nSPS) is 21.8. The summed E-state index contributed by atoms with van der Waals surface area (Å²) < 4.78 is 4.86. The minimum atomic E-state index is 0.0376. The zero-order valence-electron chi connectivity index (χ0n) is 12.2. The Bertz CT molecular complexity index is 335. The number of likely N-dealkylation sites (tertiary alicyclic amines) is 1. The summed E-state index contributed by atoms with van der Waals surface area (Å²) in [6, 6.07) is 0.212. The van der Waals surface area contributed by atoms with Crippen LogP contribution in [0.3, 0.4) is 0 Å². The van der Waals surface area contributed by atoms with Crippen LogP contribution in [-0.2, 0) is 14.3 Å². The van der Waals surface area contributed by atoms with Gasteiger partial charge in [0, 0.05) is 32.2 Å². The number of carbonyl (C=O) groups is 2. The fourth-order valence-electron chi connectivity index (χ4n) is 2.89. The molecular formula is C14H25N3O3. The first-order valence-corrected chi connectivity index (χ1v) is 7.48. The van der Waals surface area contributed by atoms with Crippen LogP contribution in [0.15, 0.2) is 0 Å². The fraction of sp³-hybridized carbons (Fsp3) is 0.857. The van der Waals surface area contributed by atoms with E-state index in [1.54, 1.807) is 0 Å². The lowest BCUT2D eigenvalue weighted by molar-refractivity contribution is -0.136. The van der Waals surface area contributed by atoms with Crippen LogP contribution in [0.5, 0.6) is 0 Å². The highest BCUT2D eigenvalue weighted by Gasteiger charge is 2.27. The topological polar surface area (TPSA) is 70.7 Å². The lowest BCUT2D eigenvalue weighted by Gasteiger charge is -2.33. The van der Waals surface area contributed by atoms with Gasteiger partial charge in [-0.25, -0.2) is 0 Å². The summed E-state index contributed by atoms with van der Waals surface area (Å²) in [6.07, 6.45) is 3.53. The van der Waals surface area contributed by atoms with Crippen LogP contribution in [0.2, 0.25) is 0 Å². The molecule has 0 unspecified atom stereocenters. The molecule has 114 valence electrons. The summed E-state index contributed by atoms with van der Waals surface area (Å²) in [7, 11) is 1.53. The molecule has 0 aromatic carbocycles. The van der Waals surface area contributed by atoms with E-state index in [4.69, 9.17) is 4.74 Å². The van der Waals surface area contributed by atoms with Crippen LogP contribution in [0.1, 0.15) is 25.7 Å². The fourth-order valence-corrected chi connectivity index (χ4v) is 2.89. The molecule has 0 aromatic heterocycles. The van der Waals surface area contributed by atoms with Crippen molar-refractivity contribution in [3.63, 3.8) is 0 Å². The molecule has 0 aliphatic carbocycles. The van der Waals surface area contributed by atoms with Crippen molar-refractivity contribution in [3.8, 4) is 0 Å². The molecule has 20 heavy (non-hydrogen) atoms. The molecule has 6 nitrogen and oxygen atoms in total. The van der Waals surface area contributed by atoms with Crippen LogP contribution < -0.4 is 10.6 Å². The van der Waals surface area contributed by atoms with Gasteiger partial charge in [0.25, 0.3) is 0 Å². The Morgan fingerprint density at radius 1 is 1.20 bits per heavy atom. The van der Waals surface area contributed by atoms with Crippen molar-refractivity contribution < 1.29 is 14.3 Å². The third-order valence-electron chi connectivity index (χ3n) is 4.17. The molecule has 2 heterocycles. The summed E-state index contributed by atoms with van der Waals surface area (Å²) in [5.41, 5.74) is 0. The zero-order chi connectivity index (χ0) is 14.4. The Balaban J connectivity index is 1.71. The molecule has 2 amide bonds. The number of piperidine rings is 2. The van der Waals surface area contributed by atoms with Crippen LogP contribution >= 0.6 is 0 Å². The van der Waals surface area contributed by atoms with Crippen molar-refractivity contribution in [1.82, 2.24) is 15.5 Å². The third-order valence-corrected chi connectivity index (χ3v) is 4.17. The summed E-state index contributed by atoms with van der Waals surface area (Å²) >= 11 is 0. The molecule has 0 spiro atoms. The second-order valence-corrected chi connectivity index (χ2v) is 5.62. The molecule has 2 rings (SSSR count). The third kappa shape index (κ3) is 4.18. The van der Waals surface area contributed by atoms with Crippen LogP contribution in [0, 0.1) is 5.92 Å². The Morgan fingerprint density at radius 2 is 1.85 bits per heavy atom. The van der Waals surface area contributed by atoms with E-state index in [9.17, 15) is 9.59 Å². The second-order valence-electron chi connectivity index (χ2n) is 5.62. The van der Waals surface area contributed by atoms with Crippen molar-refractivity contribution in [3.05, 3.63) is 0 Å². The maximum Gasteiger partial charge on any atom is 0.248 e. The van der Waals surface area contributed by atoms with E-state index in [2.05, 4.69) is 10.6 Å². The first-order chi connectivity index (χ1) is 9.70. The standard InChI is InChI=1S/C14H25N3O3/c1-20-10-13(18)17-8-4-12(5-9-17)16-14(19)11-2-6-15-7-3-11/h11-12,15H,2-10H2,1H3,(H,16,19). The van der Waals surface area contributed by atoms with Gasteiger partial charge < -0.3 is 20.3 Å². The molecule has 0 atom stereocenters. The van der Waals surface area contributed by atoms with Gasteiger partial charge in [-0.3, -0.25) is 9.59 Å². The molecule has 2 N–H and O–H groups in total. The van der Waals surface area contributed by atoms with Gasteiger partial charge in [-0.05, 0) is 38.8 Å². The van der Waals surface area contributed by atoms with Gasteiger partial charge in [-0.1, -0.05) is 0 Å². The zero-order valence-corrected chi connectivity index (χ0v) is 12.2. The Labute approximate surface area is 120 Å². The van der Waals surface area contributed by atoms with Gasteiger partial charge >= 0.3 is 0 Å². The van der Waals surface area contributed by atoms with Crippen molar-refractivity contribution in [2.24, 2.45) is 5.92 Å². The van der Waals surface area contributed by atoms with Gasteiger partial charge in [0.2, 0.25) is 11.8 Å². The van der Waals surface area contributed by atoms with Crippen LogP contribution in [0.25, 0.3) is 0 Å². The van der Waals surface area contributed by atoms with Gasteiger partial charge in [-0.2, -0.15) is 0 Å². The first-order valence-electron chi connectivity index (χ1n) is 7.48. The van der Waals surface area contributed by atoms with Crippen LogP contribution in [0.4, 0.5) is 0 Å². The molecular weight excluding hydrogens is 258 g/mol. The van der Waals surface area contributed by atoms with E-state index in [0.717, 1.165) is 38.8 Å². The van der Waals surface area contributed by atoms with Gasteiger partial charge in [-0.15, -0.1) is 0 Å². The summed E-state index contributed by atoms with van der Waals surface area (Å²) in [5, 5.41) is 6.41. The van der Waals surface area contributed by atoms with Crippen molar-refractivity contribution in [2.45, 2.75) is 31.7 Å². The van der Waals surface area contributed by atoms with E-state index < -0.39 is 0 Å². The number of methoxy groups -OCH3 is 1. The molecule has 2 aliphatic rings. The molecule has 2 aliphatic heterocycles. The largest absolute Gasteiger partial charge is 0.375 e. The number of carbonyl (C=O) groups excluding carboxylic acids is 2. The van der Waals surface area contributed by atoms with E-state index >= 15 is 0 Å². The minimum Gasteiger partial charge on any atom is -0.375 e. The van der Waals surface area contributed by atoms with Gasteiger partial charge in [0.05, 0.1) is 0 Å². The molecule has 6 heteroatoms. The SMILES string of the molecule is COCC(=O)N1CCC(NC(=O)C2CCNCC2)CC1. The average Bonchev–Trinajstić information content (AvgIpc) is 2.49.